The van der Waals surface area contributed by atoms with Crippen LogP contribution in [0.25, 0.3) is 12.2 Å². The van der Waals surface area contributed by atoms with Crippen molar-refractivity contribution in [1.82, 2.24) is 4.98 Å². The molecule has 26 heavy (non-hydrogen) atoms. The number of benzene rings is 2. The number of carbonyl (C=O) groups is 1. The van der Waals surface area contributed by atoms with Gasteiger partial charge in [0.25, 0.3) is 5.91 Å². The number of hydrogen-bond donors (Lipinski definition) is 1. The standard InChI is InChI=1S/C20H13ClF2N2O/c21-17-12-19(23)18(22)11-16(17)20(26)25-15-6-3-4-13(10-15)7-8-14-5-1-2-9-24-14/h1-12H,(H,25,26)/b8-7+. The molecule has 0 aliphatic rings. The molecule has 1 amide bonds. The summed E-state index contributed by atoms with van der Waals surface area (Å²) in [5, 5.41) is 2.46. The minimum absolute atomic E-state index is 0.139. The third kappa shape index (κ3) is 4.32. The molecule has 3 aromatic rings. The van der Waals surface area contributed by atoms with E-state index in [1.165, 1.54) is 0 Å². The number of pyridine rings is 1. The van der Waals surface area contributed by atoms with Crippen LogP contribution in [0.5, 0.6) is 0 Å². The van der Waals surface area contributed by atoms with Crippen LogP contribution in [0.3, 0.4) is 0 Å². The van der Waals surface area contributed by atoms with Gasteiger partial charge in [-0.1, -0.05) is 35.9 Å². The first-order chi connectivity index (χ1) is 12.5. The normalized spacial score (nSPS) is 10.9. The van der Waals surface area contributed by atoms with E-state index in [2.05, 4.69) is 10.3 Å². The maximum Gasteiger partial charge on any atom is 0.257 e. The molecule has 130 valence electrons. The molecule has 0 bridgehead atoms. The molecule has 0 fully saturated rings. The second-order valence-corrected chi connectivity index (χ2v) is 5.82. The van der Waals surface area contributed by atoms with Crippen LogP contribution in [-0.2, 0) is 0 Å². The summed E-state index contributed by atoms with van der Waals surface area (Å²) >= 11 is 5.83. The SMILES string of the molecule is O=C(Nc1cccc(/C=C/c2ccccn2)c1)c1cc(F)c(F)cc1Cl. The molecule has 0 radical (unpaired) electrons. The molecule has 3 nitrogen and oxygen atoms in total. The Morgan fingerprint density at radius 3 is 2.58 bits per heavy atom. The van der Waals surface area contributed by atoms with E-state index in [1.54, 1.807) is 24.4 Å². The summed E-state index contributed by atoms with van der Waals surface area (Å²) in [6.07, 6.45) is 5.39. The van der Waals surface area contributed by atoms with Gasteiger partial charge in [0.05, 0.1) is 16.3 Å². The first-order valence-corrected chi connectivity index (χ1v) is 8.06. The molecule has 3 rings (SSSR count). The molecule has 1 N–H and O–H groups in total. The van der Waals surface area contributed by atoms with Gasteiger partial charge in [0.2, 0.25) is 0 Å². The number of nitrogens with zero attached hydrogens (tertiary/aromatic N) is 1. The number of anilines is 1. The molecule has 6 heteroatoms. The molecule has 0 saturated carbocycles. The summed E-state index contributed by atoms with van der Waals surface area (Å²) in [7, 11) is 0. The highest BCUT2D eigenvalue weighted by atomic mass is 35.5. The number of halogens is 3. The van der Waals surface area contributed by atoms with E-state index in [4.69, 9.17) is 11.6 Å². The van der Waals surface area contributed by atoms with Gasteiger partial charge in [-0.2, -0.15) is 0 Å². The smallest absolute Gasteiger partial charge is 0.257 e. The van der Waals surface area contributed by atoms with E-state index in [0.717, 1.165) is 23.4 Å². The Labute approximate surface area is 154 Å². The first-order valence-electron chi connectivity index (χ1n) is 7.68. The lowest BCUT2D eigenvalue weighted by Gasteiger charge is -2.08. The van der Waals surface area contributed by atoms with Crippen LogP contribution in [0.15, 0.2) is 60.8 Å². The predicted octanol–water partition coefficient (Wildman–Crippen LogP) is 5.44. The van der Waals surface area contributed by atoms with Gasteiger partial charge < -0.3 is 5.32 Å². The fourth-order valence-corrected chi connectivity index (χ4v) is 2.51. The number of aromatic nitrogens is 1. The van der Waals surface area contributed by atoms with Gasteiger partial charge in [-0.05, 0) is 48.0 Å². The molecule has 1 aromatic heterocycles. The van der Waals surface area contributed by atoms with Crippen molar-refractivity contribution in [2.45, 2.75) is 0 Å². The van der Waals surface area contributed by atoms with Crippen LogP contribution in [0.2, 0.25) is 5.02 Å². The number of amides is 1. The summed E-state index contributed by atoms with van der Waals surface area (Å²) < 4.78 is 26.5. The zero-order valence-corrected chi connectivity index (χ0v) is 14.2. The van der Waals surface area contributed by atoms with Gasteiger partial charge in [-0.15, -0.1) is 0 Å². The van der Waals surface area contributed by atoms with Crippen LogP contribution >= 0.6 is 11.6 Å². The molecule has 0 saturated heterocycles. The quantitative estimate of drug-likeness (QED) is 0.622. The number of nitrogens with one attached hydrogen (secondary N) is 1. The maximum atomic E-state index is 13.4. The Balaban J connectivity index is 1.77. The van der Waals surface area contributed by atoms with Crippen molar-refractivity contribution in [3.8, 4) is 0 Å². The van der Waals surface area contributed by atoms with E-state index < -0.39 is 17.5 Å². The topological polar surface area (TPSA) is 42.0 Å². The van der Waals surface area contributed by atoms with Crippen LogP contribution in [-0.4, -0.2) is 10.9 Å². The highest BCUT2D eigenvalue weighted by Gasteiger charge is 2.15. The lowest BCUT2D eigenvalue weighted by molar-refractivity contribution is 0.102. The summed E-state index contributed by atoms with van der Waals surface area (Å²) in [4.78, 5) is 16.5. The van der Waals surface area contributed by atoms with Crippen molar-refractivity contribution in [3.05, 3.63) is 94.3 Å². The van der Waals surface area contributed by atoms with Crippen molar-refractivity contribution >= 4 is 35.3 Å². The van der Waals surface area contributed by atoms with Crippen molar-refractivity contribution in [2.24, 2.45) is 0 Å². The van der Waals surface area contributed by atoms with Crippen molar-refractivity contribution < 1.29 is 13.6 Å². The lowest BCUT2D eigenvalue weighted by atomic mass is 10.1. The fourth-order valence-electron chi connectivity index (χ4n) is 2.27. The van der Waals surface area contributed by atoms with Crippen molar-refractivity contribution in [1.29, 1.82) is 0 Å². The Morgan fingerprint density at radius 2 is 1.81 bits per heavy atom. The second kappa shape index (κ2) is 7.89. The molecular formula is C20H13ClF2N2O. The lowest BCUT2D eigenvalue weighted by Crippen LogP contribution is -2.13. The minimum Gasteiger partial charge on any atom is -0.322 e. The van der Waals surface area contributed by atoms with Crippen molar-refractivity contribution in [3.63, 3.8) is 0 Å². The third-order valence-electron chi connectivity index (χ3n) is 3.53. The number of rotatable bonds is 4. The molecule has 0 unspecified atom stereocenters. The zero-order chi connectivity index (χ0) is 18.5. The molecule has 0 aliphatic heterocycles. The fraction of sp³-hybridized carbons (Fsp3) is 0. The van der Waals surface area contributed by atoms with Gasteiger partial charge in [0.1, 0.15) is 0 Å². The summed E-state index contributed by atoms with van der Waals surface area (Å²) in [5.74, 6) is -2.86. The van der Waals surface area contributed by atoms with Crippen LogP contribution in [0.1, 0.15) is 21.6 Å². The molecule has 2 aromatic carbocycles. The summed E-state index contributed by atoms with van der Waals surface area (Å²) in [5.41, 5.74) is 2.00. The van der Waals surface area contributed by atoms with Crippen LogP contribution in [0.4, 0.5) is 14.5 Å². The Morgan fingerprint density at radius 1 is 1.00 bits per heavy atom. The van der Waals surface area contributed by atoms with Crippen molar-refractivity contribution in [2.75, 3.05) is 5.32 Å². The summed E-state index contributed by atoms with van der Waals surface area (Å²) in [6.45, 7) is 0. The highest BCUT2D eigenvalue weighted by Crippen LogP contribution is 2.22. The first kappa shape index (κ1) is 17.8. The Bertz CT molecular complexity index is 975. The van der Waals surface area contributed by atoms with Gasteiger partial charge in [-0.25, -0.2) is 8.78 Å². The predicted molar refractivity (Wildman–Crippen MR) is 98.9 cm³/mol. The highest BCUT2D eigenvalue weighted by molar-refractivity contribution is 6.34. The minimum atomic E-state index is -1.13. The van der Waals surface area contributed by atoms with Crippen LogP contribution < -0.4 is 5.32 Å². The Hall–Kier alpha value is -3.05. The van der Waals surface area contributed by atoms with Gasteiger partial charge >= 0.3 is 0 Å². The van der Waals surface area contributed by atoms with E-state index >= 15 is 0 Å². The molecular weight excluding hydrogens is 358 g/mol. The third-order valence-corrected chi connectivity index (χ3v) is 3.85. The summed E-state index contributed by atoms with van der Waals surface area (Å²) in [6, 6.07) is 14.2. The van der Waals surface area contributed by atoms with E-state index in [0.29, 0.717) is 5.69 Å². The second-order valence-electron chi connectivity index (χ2n) is 5.41. The number of hydrogen-bond acceptors (Lipinski definition) is 2. The monoisotopic (exact) mass is 370 g/mol. The largest absolute Gasteiger partial charge is 0.322 e. The molecule has 0 aliphatic carbocycles. The van der Waals surface area contributed by atoms with Gasteiger partial charge in [-0.3, -0.25) is 9.78 Å². The average molecular weight is 371 g/mol. The van der Waals surface area contributed by atoms with E-state index in [1.807, 2.05) is 36.4 Å². The van der Waals surface area contributed by atoms with Gasteiger partial charge in [0.15, 0.2) is 11.6 Å². The van der Waals surface area contributed by atoms with E-state index in [9.17, 15) is 13.6 Å². The Kier molecular flexibility index (Phi) is 5.39. The number of carbonyl (C=O) groups excluding carboxylic acids is 1. The van der Waals surface area contributed by atoms with Gasteiger partial charge in [0, 0.05) is 11.9 Å². The molecule has 1 heterocycles. The molecule has 0 atom stereocenters. The zero-order valence-electron chi connectivity index (χ0n) is 13.4. The molecule has 0 spiro atoms. The van der Waals surface area contributed by atoms with E-state index in [-0.39, 0.29) is 10.6 Å². The van der Waals surface area contributed by atoms with Crippen LogP contribution in [0, 0.1) is 11.6 Å². The maximum absolute atomic E-state index is 13.4. The average Bonchev–Trinajstić information content (AvgIpc) is 2.64.